The van der Waals surface area contributed by atoms with Gasteiger partial charge in [-0.3, -0.25) is 9.59 Å². The first-order valence-corrected chi connectivity index (χ1v) is 7.80. The Balaban J connectivity index is 1.78. The van der Waals surface area contributed by atoms with E-state index in [-0.39, 0.29) is 23.1 Å². The number of hydrogen-bond acceptors (Lipinski definition) is 5. The maximum absolute atomic E-state index is 13.6. The van der Waals surface area contributed by atoms with Crippen molar-refractivity contribution < 1.29 is 14.0 Å². The number of hydrogen-bond donors (Lipinski definition) is 2. The molecule has 3 aromatic rings. The highest BCUT2D eigenvalue weighted by molar-refractivity contribution is 6.03. The van der Waals surface area contributed by atoms with Gasteiger partial charge < -0.3 is 10.6 Å². The van der Waals surface area contributed by atoms with Gasteiger partial charge in [-0.05, 0) is 37.3 Å². The summed E-state index contributed by atoms with van der Waals surface area (Å²) in [6, 6.07) is 14.1. The van der Waals surface area contributed by atoms with Gasteiger partial charge in [-0.25, -0.2) is 14.4 Å². The average Bonchev–Trinajstić information content (AvgIpc) is 2.64. The Morgan fingerprint density at radius 2 is 1.85 bits per heavy atom. The second-order valence-corrected chi connectivity index (χ2v) is 5.46. The molecule has 0 aliphatic carbocycles. The van der Waals surface area contributed by atoms with Crippen molar-refractivity contribution >= 4 is 29.0 Å². The third kappa shape index (κ3) is 4.07. The minimum Gasteiger partial charge on any atom is -0.324 e. The molecule has 130 valence electrons. The molecule has 1 amide bonds. The fourth-order valence-corrected chi connectivity index (χ4v) is 2.24. The van der Waals surface area contributed by atoms with Crippen LogP contribution in [-0.2, 0) is 0 Å². The van der Waals surface area contributed by atoms with Crippen molar-refractivity contribution in [2.24, 2.45) is 0 Å². The molecule has 0 saturated heterocycles. The number of amides is 1. The number of nitrogens with zero attached hydrogens (tertiary/aromatic N) is 2. The van der Waals surface area contributed by atoms with Crippen molar-refractivity contribution in [2.45, 2.75) is 6.92 Å². The highest BCUT2D eigenvalue weighted by Gasteiger charge is 2.12. The van der Waals surface area contributed by atoms with Crippen LogP contribution >= 0.6 is 0 Å². The Hall–Kier alpha value is -3.61. The normalized spacial score (nSPS) is 10.2. The average molecular weight is 350 g/mol. The molecule has 0 unspecified atom stereocenters. The molecule has 0 spiro atoms. The molecular weight excluding hydrogens is 335 g/mol. The monoisotopic (exact) mass is 350 g/mol. The van der Waals surface area contributed by atoms with E-state index in [1.165, 1.54) is 37.4 Å². The van der Waals surface area contributed by atoms with Crippen LogP contribution in [0, 0.1) is 5.82 Å². The summed E-state index contributed by atoms with van der Waals surface area (Å²) in [6.07, 6.45) is 1.42. The number of rotatable bonds is 5. The molecule has 0 saturated carbocycles. The lowest BCUT2D eigenvalue weighted by Gasteiger charge is -2.08. The standard InChI is InChI=1S/C19H15FN4O2/c1-12(25)13-5-4-6-14(11-13)22-19-21-10-9-17(24-19)18(26)23-16-8-3-2-7-15(16)20/h2-11H,1H3,(H,23,26)(H,21,22,24). The third-order valence-corrected chi connectivity index (χ3v) is 3.54. The van der Waals surface area contributed by atoms with Gasteiger partial charge >= 0.3 is 0 Å². The van der Waals surface area contributed by atoms with Gasteiger partial charge in [0.1, 0.15) is 11.5 Å². The molecule has 2 aromatic carbocycles. The van der Waals surface area contributed by atoms with Crippen LogP contribution in [0.15, 0.2) is 60.8 Å². The smallest absolute Gasteiger partial charge is 0.274 e. The van der Waals surface area contributed by atoms with Gasteiger partial charge in [0, 0.05) is 17.4 Å². The third-order valence-electron chi connectivity index (χ3n) is 3.54. The quantitative estimate of drug-likeness (QED) is 0.684. The highest BCUT2D eigenvalue weighted by atomic mass is 19.1. The first-order chi connectivity index (χ1) is 12.5. The van der Waals surface area contributed by atoms with Crippen molar-refractivity contribution in [3.8, 4) is 0 Å². The predicted molar refractivity (Wildman–Crippen MR) is 96.1 cm³/mol. The topological polar surface area (TPSA) is 84.0 Å². The summed E-state index contributed by atoms with van der Waals surface area (Å²) in [5.74, 6) is -0.966. The zero-order valence-electron chi connectivity index (χ0n) is 13.9. The first kappa shape index (κ1) is 17.2. The molecule has 0 aliphatic heterocycles. The van der Waals surface area contributed by atoms with Crippen LogP contribution in [-0.4, -0.2) is 21.7 Å². The number of para-hydroxylation sites is 1. The van der Waals surface area contributed by atoms with Crippen LogP contribution in [0.25, 0.3) is 0 Å². The minimum atomic E-state index is -0.557. The van der Waals surface area contributed by atoms with E-state index in [0.717, 1.165) is 0 Å². The van der Waals surface area contributed by atoms with Crippen LogP contribution in [0.3, 0.4) is 0 Å². The van der Waals surface area contributed by atoms with E-state index in [1.807, 2.05) is 0 Å². The fourth-order valence-electron chi connectivity index (χ4n) is 2.24. The number of halogens is 1. The molecule has 0 bridgehead atoms. The lowest BCUT2D eigenvalue weighted by molar-refractivity contribution is 0.101. The SMILES string of the molecule is CC(=O)c1cccc(Nc2nccc(C(=O)Nc3ccccc3F)n2)c1. The minimum absolute atomic E-state index is 0.0624. The van der Waals surface area contributed by atoms with E-state index in [0.29, 0.717) is 11.3 Å². The van der Waals surface area contributed by atoms with Crippen LogP contribution in [0.1, 0.15) is 27.8 Å². The van der Waals surface area contributed by atoms with Crippen molar-refractivity contribution in [1.29, 1.82) is 0 Å². The zero-order valence-corrected chi connectivity index (χ0v) is 13.9. The molecule has 0 atom stereocenters. The number of carbonyl (C=O) groups excluding carboxylic acids is 2. The van der Waals surface area contributed by atoms with E-state index in [9.17, 15) is 14.0 Å². The number of anilines is 3. The fraction of sp³-hybridized carbons (Fsp3) is 0.0526. The molecule has 6 nitrogen and oxygen atoms in total. The second-order valence-electron chi connectivity index (χ2n) is 5.46. The Labute approximate surface area is 149 Å². The molecule has 1 heterocycles. The molecule has 0 radical (unpaired) electrons. The van der Waals surface area contributed by atoms with Crippen molar-refractivity contribution in [3.05, 3.63) is 77.9 Å². The lowest BCUT2D eigenvalue weighted by atomic mass is 10.1. The molecule has 0 fully saturated rings. The summed E-state index contributed by atoms with van der Waals surface area (Å²) >= 11 is 0. The lowest BCUT2D eigenvalue weighted by Crippen LogP contribution is -2.15. The Bertz CT molecular complexity index is 975. The van der Waals surface area contributed by atoms with Gasteiger partial charge in [-0.15, -0.1) is 0 Å². The van der Waals surface area contributed by atoms with Crippen molar-refractivity contribution in [2.75, 3.05) is 10.6 Å². The molecular formula is C19H15FN4O2. The predicted octanol–water partition coefficient (Wildman–Crippen LogP) is 3.81. The summed E-state index contributed by atoms with van der Waals surface area (Å²) in [5, 5.41) is 5.41. The van der Waals surface area contributed by atoms with E-state index < -0.39 is 11.7 Å². The van der Waals surface area contributed by atoms with E-state index >= 15 is 0 Å². The van der Waals surface area contributed by atoms with Gasteiger partial charge in [-0.1, -0.05) is 24.3 Å². The number of nitrogens with one attached hydrogen (secondary N) is 2. The summed E-state index contributed by atoms with van der Waals surface area (Å²) in [4.78, 5) is 31.9. The highest BCUT2D eigenvalue weighted by Crippen LogP contribution is 2.17. The molecule has 3 rings (SSSR count). The first-order valence-electron chi connectivity index (χ1n) is 7.80. The number of aromatic nitrogens is 2. The molecule has 2 N–H and O–H groups in total. The molecule has 7 heteroatoms. The van der Waals surface area contributed by atoms with E-state index in [1.54, 1.807) is 30.3 Å². The van der Waals surface area contributed by atoms with Gasteiger partial charge in [0.15, 0.2) is 5.78 Å². The molecule has 1 aromatic heterocycles. The second kappa shape index (κ2) is 7.52. The largest absolute Gasteiger partial charge is 0.324 e. The number of ketones is 1. The van der Waals surface area contributed by atoms with Crippen LogP contribution in [0.2, 0.25) is 0 Å². The Kier molecular flexibility index (Phi) is 4.98. The van der Waals surface area contributed by atoms with E-state index in [2.05, 4.69) is 20.6 Å². The summed E-state index contributed by atoms with van der Waals surface area (Å²) in [6.45, 7) is 1.48. The van der Waals surface area contributed by atoms with Gasteiger partial charge in [-0.2, -0.15) is 0 Å². The number of Topliss-reactive ketones (excluding diaryl/α,β-unsaturated/α-hetero) is 1. The molecule has 26 heavy (non-hydrogen) atoms. The number of benzene rings is 2. The van der Waals surface area contributed by atoms with Gasteiger partial charge in [0.25, 0.3) is 5.91 Å². The van der Waals surface area contributed by atoms with Crippen molar-refractivity contribution in [3.63, 3.8) is 0 Å². The van der Waals surface area contributed by atoms with E-state index in [4.69, 9.17) is 0 Å². The summed E-state index contributed by atoms with van der Waals surface area (Å²) in [5.41, 5.74) is 1.31. The van der Waals surface area contributed by atoms with Crippen LogP contribution < -0.4 is 10.6 Å². The van der Waals surface area contributed by atoms with Crippen LogP contribution in [0.4, 0.5) is 21.7 Å². The maximum atomic E-state index is 13.6. The number of carbonyl (C=O) groups is 2. The summed E-state index contributed by atoms with van der Waals surface area (Å²) < 4.78 is 13.6. The zero-order chi connectivity index (χ0) is 18.5. The molecule has 0 aliphatic rings. The van der Waals surface area contributed by atoms with Gasteiger partial charge in [0.2, 0.25) is 5.95 Å². The summed E-state index contributed by atoms with van der Waals surface area (Å²) in [7, 11) is 0. The Morgan fingerprint density at radius 1 is 1.04 bits per heavy atom. The van der Waals surface area contributed by atoms with Gasteiger partial charge in [0.05, 0.1) is 5.69 Å². The van der Waals surface area contributed by atoms with Crippen LogP contribution in [0.5, 0.6) is 0 Å². The maximum Gasteiger partial charge on any atom is 0.274 e. The van der Waals surface area contributed by atoms with Crippen molar-refractivity contribution in [1.82, 2.24) is 9.97 Å². The Morgan fingerprint density at radius 3 is 2.62 bits per heavy atom.